The van der Waals surface area contributed by atoms with E-state index in [0.717, 1.165) is 59.3 Å². The number of anilines is 1. The minimum atomic E-state index is 0.0543. The van der Waals surface area contributed by atoms with Gasteiger partial charge in [0.15, 0.2) is 0 Å². The van der Waals surface area contributed by atoms with Gasteiger partial charge in [0, 0.05) is 51.5 Å². The highest BCUT2D eigenvalue weighted by atomic mass is 32.1. The molecule has 8 nitrogen and oxygen atoms in total. The quantitative estimate of drug-likeness (QED) is 0.828. The van der Waals surface area contributed by atoms with Crippen LogP contribution >= 0.6 is 11.3 Å². The summed E-state index contributed by atoms with van der Waals surface area (Å²) in [6.45, 7) is 6.07. The zero-order chi connectivity index (χ0) is 20.5. The molecule has 0 bridgehead atoms. The SMILES string of the molecule is CNc1nc([C@@H]2CCCN(C(=O)c3scnc3C)C2)nc2c1CN(C(C)=O)CC2. The number of rotatable bonds is 3. The molecule has 1 N–H and O–H groups in total. The number of aromatic nitrogens is 3. The second-order valence-corrected chi connectivity index (χ2v) is 8.51. The molecule has 9 heteroatoms. The number of carbonyl (C=O) groups excluding carboxylic acids is 2. The Kier molecular flexibility index (Phi) is 5.49. The number of hydrogen-bond acceptors (Lipinski definition) is 7. The van der Waals surface area contributed by atoms with Gasteiger partial charge in [0.05, 0.1) is 23.4 Å². The molecule has 0 aliphatic carbocycles. The predicted octanol–water partition coefficient (Wildman–Crippen LogP) is 2.21. The lowest BCUT2D eigenvalue weighted by molar-refractivity contribution is -0.129. The Morgan fingerprint density at radius 1 is 1.24 bits per heavy atom. The van der Waals surface area contributed by atoms with E-state index in [1.54, 1.807) is 12.4 Å². The largest absolute Gasteiger partial charge is 0.373 e. The third kappa shape index (κ3) is 3.83. The summed E-state index contributed by atoms with van der Waals surface area (Å²) in [6.07, 6.45) is 2.63. The molecule has 154 valence electrons. The van der Waals surface area contributed by atoms with E-state index in [1.165, 1.54) is 11.3 Å². The minimum absolute atomic E-state index is 0.0543. The highest BCUT2D eigenvalue weighted by Crippen LogP contribution is 2.31. The second-order valence-electron chi connectivity index (χ2n) is 7.65. The zero-order valence-corrected chi connectivity index (χ0v) is 17.9. The highest BCUT2D eigenvalue weighted by Gasteiger charge is 2.31. The number of hydrogen-bond donors (Lipinski definition) is 1. The highest BCUT2D eigenvalue weighted by molar-refractivity contribution is 7.11. The molecule has 2 aliphatic heterocycles. The van der Waals surface area contributed by atoms with Gasteiger partial charge in [0.25, 0.3) is 5.91 Å². The van der Waals surface area contributed by atoms with Gasteiger partial charge in [-0.1, -0.05) is 0 Å². The van der Waals surface area contributed by atoms with Crippen molar-refractivity contribution in [3.05, 3.63) is 33.2 Å². The van der Waals surface area contributed by atoms with Crippen LogP contribution in [0.1, 0.15) is 58.1 Å². The molecule has 1 atom stereocenters. The molecule has 0 spiro atoms. The smallest absolute Gasteiger partial charge is 0.265 e. The zero-order valence-electron chi connectivity index (χ0n) is 17.1. The molecule has 0 aromatic carbocycles. The van der Waals surface area contributed by atoms with Crippen LogP contribution in [0.25, 0.3) is 0 Å². The van der Waals surface area contributed by atoms with Gasteiger partial charge in [0.2, 0.25) is 5.91 Å². The van der Waals surface area contributed by atoms with Gasteiger partial charge in [-0.15, -0.1) is 11.3 Å². The fourth-order valence-corrected chi connectivity index (χ4v) is 4.88. The Labute approximate surface area is 174 Å². The number of aryl methyl sites for hydroxylation is 1. The molecule has 29 heavy (non-hydrogen) atoms. The molecular formula is C20H26N6O2S. The normalized spacial score (nSPS) is 19.1. The summed E-state index contributed by atoms with van der Waals surface area (Å²) in [5.74, 6) is 1.82. The third-order valence-corrected chi connectivity index (χ3v) is 6.69. The van der Waals surface area contributed by atoms with E-state index in [0.29, 0.717) is 19.6 Å². The Morgan fingerprint density at radius 3 is 2.76 bits per heavy atom. The molecule has 2 aliphatic rings. The van der Waals surface area contributed by atoms with Crippen LogP contribution in [0.3, 0.4) is 0 Å². The predicted molar refractivity (Wildman–Crippen MR) is 111 cm³/mol. The summed E-state index contributed by atoms with van der Waals surface area (Å²) in [4.78, 5) is 43.0. The number of carbonyl (C=O) groups is 2. The van der Waals surface area contributed by atoms with E-state index in [4.69, 9.17) is 9.97 Å². The average Bonchev–Trinajstić information content (AvgIpc) is 3.17. The van der Waals surface area contributed by atoms with Crippen molar-refractivity contribution in [2.24, 2.45) is 0 Å². The van der Waals surface area contributed by atoms with Crippen molar-refractivity contribution in [1.82, 2.24) is 24.8 Å². The number of nitrogens with zero attached hydrogens (tertiary/aromatic N) is 5. The Morgan fingerprint density at radius 2 is 2.07 bits per heavy atom. The first-order chi connectivity index (χ1) is 14.0. The molecule has 4 rings (SSSR count). The van der Waals surface area contributed by atoms with E-state index in [2.05, 4.69) is 10.3 Å². The Bertz CT molecular complexity index is 926. The lowest BCUT2D eigenvalue weighted by atomic mass is 9.96. The van der Waals surface area contributed by atoms with Crippen LogP contribution in [-0.2, 0) is 17.8 Å². The summed E-state index contributed by atoms with van der Waals surface area (Å²) in [5, 5.41) is 3.18. The Hall–Kier alpha value is -2.55. The van der Waals surface area contributed by atoms with Crippen LogP contribution in [0, 0.1) is 6.92 Å². The molecule has 0 saturated carbocycles. The van der Waals surface area contributed by atoms with E-state index >= 15 is 0 Å². The molecular weight excluding hydrogens is 388 g/mol. The van der Waals surface area contributed by atoms with Gasteiger partial charge in [-0.3, -0.25) is 9.59 Å². The standard InChI is InChI=1S/C20H26N6O2S/c1-12-17(29-11-22-12)20(28)26-7-4-5-14(9-26)18-23-16-6-8-25(13(2)27)10-15(16)19(21-3)24-18/h11,14H,4-10H2,1-3H3,(H,21,23,24)/t14-/m1/s1. The molecule has 2 aromatic rings. The Balaban J connectivity index is 1.57. The number of fused-ring (bicyclic) bond motifs is 1. The molecule has 0 radical (unpaired) electrons. The maximum Gasteiger partial charge on any atom is 0.265 e. The molecule has 2 aromatic heterocycles. The van der Waals surface area contributed by atoms with Crippen molar-refractivity contribution in [3.63, 3.8) is 0 Å². The maximum atomic E-state index is 12.9. The van der Waals surface area contributed by atoms with E-state index in [9.17, 15) is 9.59 Å². The van der Waals surface area contributed by atoms with Crippen molar-refractivity contribution in [2.45, 2.75) is 45.6 Å². The average molecular weight is 415 g/mol. The number of amides is 2. The van der Waals surface area contributed by atoms with E-state index in [-0.39, 0.29) is 17.7 Å². The third-order valence-electron chi connectivity index (χ3n) is 5.77. The lowest BCUT2D eigenvalue weighted by Crippen LogP contribution is -2.40. The molecule has 2 amide bonds. The van der Waals surface area contributed by atoms with Crippen LogP contribution in [0.4, 0.5) is 5.82 Å². The number of thiazole rings is 1. The topological polar surface area (TPSA) is 91.3 Å². The summed E-state index contributed by atoms with van der Waals surface area (Å²) in [5.41, 5.74) is 4.53. The van der Waals surface area contributed by atoms with Crippen LogP contribution in [0.15, 0.2) is 5.51 Å². The van der Waals surface area contributed by atoms with Crippen molar-refractivity contribution < 1.29 is 9.59 Å². The molecule has 1 saturated heterocycles. The fraction of sp³-hybridized carbons (Fsp3) is 0.550. The first-order valence-corrected chi connectivity index (χ1v) is 10.9. The lowest BCUT2D eigenvalue weighted by Gasteiger charge is -2.33. The first-order valence-electron chi connectivity index (χ1n) is 10.00. The minimum Gasteiger partial charge on any atom is -0.373 e. The first kappa shape index (κ1) is 19.8. The summed E-state index contributed by atoms with van der Waals surface area (Å²) < 4.78 is 0. The van der Waals surface area contributed by atoms with Gasteiger partial charge in [-0.05, 0) is 19.8 Å². The van der Waals surface area contributed by atoms with Gasteiger partial charge < -0.3 is 15.1 Å². The van der Waals surface area contributed by atoms with Crippen LogP contribution in [-0.4, -0.2) is 63.2 Å². The molecule has 0 unspecified atom stereocenters. The number of piperidine rings is 1. The van der Waals surface area contributed by atoms with Crippen LogP contribution in [0.5, 0.6) is 0 Å². The van der Waals surface area contributed by atoms with Gasteiger partial charge >= 0.3 is 0 Å². The summed E-state index contributed by atoms with van der Waals surface area (Å²) in [6, 6.07) is 0. The van der Waals surface area contributed by atoms with Gasteiger partial charge in [0.1, 0.15) is 16.5 Å². The van der Waals surface area contributed by atoms with Crippen molar-refractivity contribution in [1.29, 1.82) is 0 Å². The van der Waals surface area contributed by atoms with Gasteiger partial charge in [-0.25, -0.2) is 15.0 Å². The van der Waals surface area contributed by atoms with Gasteiger partial charge in [-0.2, -0.15) is 0 Å². The van der Waals surface area contributed by atoms with Crippen molar-refractivity contribution >= 4 is 29.0 Å². The maximum absolute atomic E-state index is 12.9. The van der Waals surface area contributed by atoms with E-state index < -0.39 is 0 Å². The summed E-state index contributed by atoms with van der Waals surface area (Å²) >= 11 is 1.40. The number of nitrogens with one attached hydrogen (secondary N) is 1. The number of likely N-dealkylation sites (tertiary alicyclic amines) is 1. The van der Waals surface area contributed by atoms with E-state index in [1.807, 2.05) is 23.8 Å². The van der Waals surface area contributed by atoms with Crippen LogP contribution in [0.2, 0.25) is 0 Å². The second kappa shape index (κ2) is 8.06. The molecule has 4 heterocycles. The fourth-order valence-electron chi connectivity index (χ4n) is 4.11. The van der Waals surface area contributed by atoms with Crippen LogP contribution < -0.4 is 5.32 Å². The van der Waals surface area contributed by atoms with Crippen molar-refractivity contribution in [2.75, 3.05) is 32.0 Å². The monoisotopic (exact) mass is 414 g/mol. The molecule has 1 fully saturated rings. The van der Waals surface area contributed by atoms with Crippen molar-refractivity contribution in [3.8, 4) is 0 Å². The summed E-state index contributed by atoms with van der Waals surface area (Å²) in [7, 11) is 1.85.